The number of aliphatic hydroxyl groups excluding tert-OH is 1. The van der Waals surface area contributed by atoms with Crippen LogP contribution in [0.3, 0.4) is 0 Å². The summed E-state index contributed by atoms with van der Waals surface area (Å²) in [6.07, 6.45) is 2.01. The van der Waals surface area contributed by atoms with Crippen molar-refractivity contribution in [3.8, 4) is 5.75 Å². The van der Waals surface area contributed by atoms with Gasteiger partial charge >= 0.3 is 0 Å². The third-order valence-corrected chi connectivity index (χ3v) is 1.77. The fourth-order valence-electron chi connectivity index (χ4n) is 1.08. The zero-order valence-corrected chi connectivity index (χ0v) is 8.53. The zero-order chi connectivity index (χ0) is 11.1. The van der Waals surface area contributed by atoms with Gasteiger partial charge < -0.3 is 20.6 Å². The summed E-state index contributed by atoms with van der Waals surface area (Å²) in [6.45, 7) is 0.732. The van der Waals surface area contributed by atoms with Gasteiger partial charge in [-0.2, -0.15) is 0 Å². The number of anilines is 2. The molecule has 0 aliphatic rings. The lowest BCUT2D eigenvalue weighted by Gasteiger charge is -2.11. The molecule has 0 unspecified atom stereocenters. The molecule has 0 radical (unpaired) electrons. The van der Waals surface area contributed by atoms with Crippen LogP contribution in [0, 0.1) is 0 Å². The molecule has 0 fully saturated rings. The summed E-state index contributed by atoms with van der Waals surface area (Å²) >= 11 is 0. The Kier molecular flexibility index (Phi) is 4.58. The molecule has 7 heteroatoms. The SMILES string of the molecule is COc1c(NN)ncnc1NCCCO. The van der Waals surface area contributed by atoms with Crippen molar-refractivity contribution in [2.24, 2.45) is 5.84 Å². The molecule has 1 aromatic heterocycles. The summed E-state index contributed by atoms with van der Waals surface area (Å²) in [6, 6.07) is 0. The third kappa shape index (κ3) is 2.93. The van der Waals surface area contributed by atoms with Crippen molar-refractivity contribution < 1.29 is 9.84 Å². The Hall–Kier alpha value is -1.60. The van der Waals surface area contributed by atoms with Gasteiger partial charge in [-0.25, -0.2) is 15.8 Å². The van der Waals surface area contributed by atoms with Crippen molar-refractivity contribution in [2.45, 2.75) is 6.42 Å². The molecule has 0 amide bonds. The molecule has 0 saturated heterocycles. The molecule has 84 valence electrons. The maximum Gasteiger partial charge on any atom is 0.205 e. The Morgan fingerprint density at radius 3 is 2.80 bits per heavy atom. The summed E-state index contributed by atoms with van der Waals surface area (Å²) in [5.74, 6) is 6.68. The minimum Gasteiger partial charge on any atom is -0.490 e. The molecule has 0 atom stereocenters. The number of hydrogen-bond acceptors (Lipinski definition) is 7. The monoisotopic (exact) mass is 213 g/mol. The van der Waals surface area contributed by atoms with E-state index in [9.17, 15) is 0 Å². The number of hydrogen-bond donors (Lipinski definition) is 4. The van der Waals surface area contributed by atoms with Gasteiger partial charge in [0.1, 0.15) is 6.33 Å². The Bertz CT molecular complexity index is 307. The lowest BCUT2D eigenvalue weighted by atomic mass is 10.4. The molecule has 5 N–H and O–H groups in total. The van der Waals surface area contributed by atoms with E-state index in [1.54, 1.807) is 0 Å². The Morgan fingerprint density at radius 1 is 1.47 bits per heavy atom. The number of rotatable bonds is 6. The Morgan fingerprint density at radius 2 is 2.20 bits per heavy atom. The van der Waals surface area contributed by atoms with Gasteiger partial charge in [0.25, 0.3) is 0 Å². The quantitative estimate of drug-likeness (QED) is 0.288. The van der Waals surface area contributed by atoms with E-state index in [1.165, 1.54) is 13.4 Å². The maximum absolute atomic E-state index is 8.64. The van der Waals surface area contributed by atoms with Crippen molar-refractivity contribution >= 4 is 11.6 Å². The van der Waals surface area contributed by atoms with Crippen LogP contribution in [0.5, 0.6) is 5.75 Å². The van der Waals surface area contributed by atoms with Crippen LogP contribution in [0.1, 0.15) is 6.42 Å². The van der Waals surface area contributed by atoms with E-state index in [0.717, 1.165) is 0 Å². The standard InChI is InChI=1S/C8H15N5O2/c1-15-6-7(10-3-2-4-14)11-5-12-8(6)13-9/h5,14H,2-4,9H2,1H3,(H2,10,11,12,13). The van der Waals surface area contributed by atoms with Crippen molar-refractivity contribution in [2.75, 3.05) is 31.0 Å². The lowest BCUT2D eigenvalue weighted by Crippen LogP contribution is -2.13. The second-order valence-corrected chi connectivity index (χ2v) is 2.75. The lowest BCUT2D eigenvalue weighted by molar-refractivity contribution is 0.292. The van der Waals surface area contributed by atoms with Gasteiger partial charge in [-0.05, 0) is 6.42 Å². The molecule has 7 nitrogen and oxygen atoms in total. The van der Waals surface area contributed by atoms with Gasteiger partial charge in [0, 0.05) is 13.2 Å². The highest BCUT2D eigenvalue weighted by atomic mass is 16.5. The summed E-state index contributed by atoms with van der Waals surface area (Å²) in [4.78, 5) is 7.90. The minimum absolute atomic E-state index is 0.127. The first-order valence-corrected chi connectivity index (χ1v) is 4.53. The van der Waals surface area contributed by atoms with Crippen LogP contribution in [-0.4, -0.2) is 35.3 Å². The molecule has 1 aromatic rings. The second kappa shape index (κ2) is 5.99. The molecule has 1 rings (SSSR count). The van der Waals surface area contributed by atoms with E-state index >= 15 is 0 Å². The number of nitrogens with zero attached hydrogens (tertiary/aromatic N) is 2. The van der Waals surface area contributed by atoms with Gasteiger partial charge in [0.2, 0.25) is 5.75 Å². The van der Waals surface area contributed by atoms with Gasteiger partial charge in [-0.3, -0.25) is 0 Å². The van der Waals surface area contributed by atoms with E-state index in [0.29, 0.717) is 30.4 Å². The van der Waals surface area contributed by atoms with Gasteiger partial charge in [-0.15, -0.1) is 0 Å². The van der Waals surface area contributed by atoms with Crippen molar-refractivity contribution in [1.82, 2.24) is 9.97 Å². The van der Waals surface area contributed by atoms with Gasteiger partial charge in [0.05, 0.1) is 7.11 Å². The number of nitrogens with two attached hydrogens (primary N) is 1. The van der Waals surface area contributed by atoms with Crippen LogP contribution < -0.4 is 21.3 Å². The first-order chi connectivity index (χ1) is 7.33. The molecular formula is C8H15N5O2. The fraction of sp³-hybridized carbons (Fsp3) is 0.500. The molecule has 15 heavy (non-hydrogen) atoms. The molecule has 0 bridgehead atoms. The molecule has 0 aliphatic heterocycles. The molecule has 0 aromatic carbocycles. The van der Waals surface area contributed by atoms with E-state index in [-0.39, 0.29) is 6.61 Å². The predicted octanol–water partition coefficient (Wildman–Crippen LogP) is -0.435. The van der Waals surface area contributed by atoms with Crippen LogP contribution >= 0.6 is 0 Å². The number of nitrogens with one attached hydrogen (secondary N) is 2. The smallest absolute Gasteiger partial charge is 0.205 e. The Balaban J connectivity index is 2.76. The second-order valence-electron chi connectivity index (χ2n) is 2.75. The number of hydrazine groups is 1. The number of aromatic nitrogens is 2. The third-order valence-electron chi connectivity index (χ3n) is 1.77. The topological polar surface area (TPSA) is 105 Å². The predicted molar refractivity (Wildman–Crippen MR) is 56.6 cm³/mol. The van der Waals surface area contributed by atoms with Crippen molar-refractivity contribution in [1.29, 1.82) is 0 Å². The molecule has 0 saturated carbocycles. The summed E-state index contributed by atoms with van der Waals surface area (Å²) in [5.41, 5.74) is 2.41. The van der Waals surface area contributed by atoms with Crippen LogP contribution in [0.25, 0.3) is 0 Å². The van der Waals surface area contributed by atoms with Crippen LogP contribution in [-0.2, 0) is 0 Å². The van der Waals surface area contributed by atoms with Crippen LogP contribution in [0.4, 0.5) is 11.6 Å². The fourth-order valence-corrected chi connectivity index (χ4v) is 1.08. The van der Waals surface area contributed by atoms with Crippen LogP contribution in [0.2, 0.25) is 0 Å². The maximum atomic E-state index is 8.64. The first kappa shape index (κ1) is 11.5. The van der Waals surface area contributed by atoms with Crippen molar-refractivity contribution in [3.05, 3.63) is 6.33 Å². The van der Waals surface area contributed by atoms with Gasteiger partial charge in [-0.1, -0.05) is 0 Å². The number of nitrogen functional groups attached to an aromatic ring is 1. The highest BCUT2D eigenvalue weighted by Crippen LogP contribution is 2.27. The van der Waals surface area contributed by atoms with E-state index in [2.05, 4.69) is 20.7 Å². The first-order valence-electron chi connectivity index (χ1n) is 4.53. The average molecular weight is 213 g/mol. The van der Waals surface area contributed by atoms with E-state index in [1.807, 2.05) is 0 Å². The summed E-state index contributed by atoms with van der Waals surface area (Å²) in [7, 11) is 1.51. The summed E-state index contributed by atoms with van der Waals surface area (Å²) in [5, 5.41) is 11.6. The minimum atomic E-state index is 0.127. The van der Waals surface area contributed by atoms with E-state index < -0.39 is 0 Å². The number of aliphatic hydroxyl groups is 1. The number of ether oxygens (including phenoxy) is 1. The largest absolute Gasteiger partial charge is 0.490 e. The van der Waals surface area contributed by atoms with E-state index in [4.69, 9.17) is 15.7 Å². The zero-order valence-electron chi connectivity index (χ0n) is 8.53. The van der Waals surface area contributed by atoms with Gasteiger partial charge in [0.15, 0.2) is 11.6 Å². The van der Waals surface area contributed by atoms with Crippen molar-refractivity contribution in [3.63, 3.8) is 0 Å². The normalized spacial score (nSPS) is 9.80. The summed E-state index contributed by atoms with van der Waals surface area (Å²) < 4.78 is 5.11. The number of methoxy groups -OCH3 is 1. The molecule has 0 aliphatic carbocycles. The van der Waals surface area contributed by atoms with Crippen LogP contribution in [0.15, 0.2) is 6.33 Å². The highest BCUT2D eigenvalue weighted by Gasteiger charge is 2.09. The Labute approximate surface area is 87.6 Å². The highest BCUT2D eigenvalue weighted by molar-refractivity contribution is 5.62. The molecular weight excluding hydrogens is 198 g/mol. The molecule has 0 spiro atoms. The molecule has 1 heterocycles. The average Bonchev–Trinajstić information content (AvgIpc) is 2.29.